The molecular weight excluding hydrogens is 491 g/mol. The van der Waals surface area contributed by atoms with Crippen LogP contribution in [0.5, 0.6) is 0 Å². The fourth-order valence-electron chi connectivity index (χ4n) is 4.41. The zero-order valence-electron chi connectivity index (χ0n) is 21.8. The summed E-state index contributed by atoms with van der Waals surface area (Å²) < 4.78 is 45.0. The Morgan fingerprint density at radius 3 is 2.54 bits per heavy atom. The Hall–Kier alpha value is -2.61. The molecule has 0 spiro atoms. The van der Waals surface area contributed by atoms with Crippen LogP contribution in [0.2, 0.25) is 0 Å². The Morgan fingerprint density at radius 2 is 1.92 bits per heavy atom. The molecule has 2 N–H and O–H groups in total. The van der Waals surface area contributed by atoms with Crippen molar-refractivity contribution in [2.24, 2.45) is 0 Å². The number of rotatable bonds is 13. The lowest BCUT2D eigenvalue weighted by molar-refractivity contribution is -0.132. The van der Waals surface area contributed by atoms with Crippen molar-refractivity contribution in [3.05, 3.63) is 24.0 Å². The molecule has 13 heteroatoms. The number of anilines is 2. The Kier molecular flexibility index (Phi) is 10.8. The summed E-state index contributed by atoms with van der Waals surface area (Å²) >= 11 is 0. The van der Waals surface area contributed by atoms with Crippen molar-refractivity contribution in [1.82, 2.24) is 25.6 Å². The second-order valence-electron chi connectivity index (χ2n) is 9.23. The molecule has 2 aliphatic heterocycles. The standard InChI is InChI=1S/C24H38F3N7O3/c1-4-32(12-14-33(28-2)13-11-31-9-7-30(3)8-10-31)21-6-5-18(15-20(21)25)34-17-19(37-24(34)36)16-29-23(35)22(26)27/h5-6,15,19,22,28H,4,7-14,16-17H2,1-3H3,(H,29,35)/t19-/m0/s1. The molecule has 2 amide bonds. The summed E-state index contributed by atoms with van der Waals surface area (Å²) in [6, 6.07) is 4.52. The number of alkyl halides is 2. The van der Waals surface area contributed by atoms with Crippen LogP contribution < -0.4 is 20.5 Å². The van der Waals surface area contributed by atoms with Crippen LogP contribution in [0.4, 0.5) is 29.3 Å². The van der Waals surface area contributed by atoms with Crippen LogP contribution in [0, 0.1) is 5.82 Å². The Balaban J connectivity index is 1.53. The average molecular weight is 530 g/mol. The van der Waals surface area contributed by atoms with Gasteiger partial charge in [0.2, 0.25) is 0 Å². The molecule has 2 aliphatic rings. The number of hydrogen-bond donors (Lipinski definition) is 2. The summed E-state index contributed by atoms with van der Waals surface area (Å²) in [5.41, 5.74) is 3.95. The second-order valence-corrected chi connectivity index (χ2v) is 9.23. The highest BCUT2D eigenvalue weighted by atomic mass is 19.3. The third-order valence-corrected chi connectivity index (χ3v) is 6.78. The highest BCUT2D eigenvalue weighted by molar-refractivity contribution is 5.90. The first-order chi connectivity index (χ1) is 17.7. The van der Waals surface area contributed by atoms with E-state index in [-0.39, 0.29) is 13.1 Å². The van der Waals surface area contributed by atoms with E-state index in [1.807, 2.05) is 24.2 Å². The monoisotopic (exact) mass is 529 g/mol. The zero-order chi connectivity index (χ0) is 26.9. The number of carbonyl (C=O) groups excluding carboxylic acids is 2. The molecule has 2 saturated heterocycles. The molecule has 0 bridgehead atoms. The van der Waals surface area contributed by atoms with E-state index in [0.717, 1.165) is 39.3 Å². The van der Waals surface area contributed by atoms with E-state index in [1.165, 1.54) is 11.0 Å². The van der Waals surface area contributed by atoms with E-state index in [1.54, 1.807) is 12.1 Å². The van der Waals surface area contributed by atoms with Gasteiger partial charge >= 0.3 is 12.5 Å². The molecule has 2 heterocycles. The van der Waals surface area contributed by atoms with Gasteiger partial charge in [-0.25, -0.2) is 14.2 Å². The maximum absolute atomic E-state index is 15.1. The summed E-state index contributed by atoms with van der Waals surface area (Å²) in [4.78, 5) is 31.2. The van der Waals surface area contributed by atoms with Crippen molar-refractivity contribution in [1.29, 1.82) is 0 Å². The number of benzene rings is 1. The average Bonchev–Trinajstić information content (AvgIpc) is 3.26. The van der Waals surface area contributed by atoms with Crippen LogP contribution in [0.3, 0.4) is 0 Å². The van der Waals surface area contributed by atoms with Crippen molar-refractivity contribution >= 4 is 23.4 Å². The van der Waals surface area contributed by atoms with Crippen LogP contribution in [0.25, 0.3) is 0 Å². The highest BCUT2D eigenvalue weighted by Crippen LogP contribution is 2.28. The van der Waals surface area contributed by atoms with Gasteiger partial charge in [0.25, 0.3) is 5.91 Å². The molecular formula is C24H38F3N7O3. The molecule has 1 aromatic rings. The largest absolute Gasteiger partial charge is 0.442 e. The number of likely N-dealkylation sites (N-methyl/N-ethyl adjacent to an activating group) is 2. The Morgan fingerprint density at radius 1 is 1.19 bits per heavy atom. The van der Waals surface area contributed by atoms with Gasteiger partial charge < -0.3 is 19.9 Å². The van der Waals surface area contributed by atoms with Crippen molar-refractivity contribution in [3.8, 4) is 0 Å². The van der Waals surface area contributed by atoms with Crippen LogP contribution in [0.1, 0.15) is 6.92 Å². The summed E-state index contributed by atoms with van der Waals surface area (Å²) in [5.74, 6) is -1.91. The molecule has 0 unspecified atom stereocenters. The van der Waals surface area contributed by atoms with Gasteiger partial charge in [0.15, 0.2) is 0 Å². The number of cyclic esters (lactones) is 1. The van der Waals surface area contributed by atoms with Gasteiger partial charge in [0.1, 0.15) is 11.9 Å². The SMILES string of the molecule is CCN(CCN(CCN1CCN(C)CC1)NC)c1ccc(N2C[C@H](CNC(=O)C(F)F)OC2=O)cc1F. The Bertz CT molecular complexity index is 902. The lowest BCUT2D eigenvalue weighted by Gasteiger charge is -2.34. The van der Waals surface area contributed by atoms with E-state index in [2.05, 4.69) is 27.3 Å². The smallest absolute Gasteiger partial charge is 0.414 e. The van der Waals surface area contributed by atoms with Gasteiger partial charge in [0, 0.05) is 58.9 Å². The van der Waals surface area contributed by atoms with Gasteiger partial charge in [-0.05, 0) is 39.2 Å². The number of piperazine rings is 1. The molecule has 2 fully saturated rings. The summed E-state index contributed by atoms with van der Waals surface area (Å²) in [5, 5.41) is 4.16. The van der Waals surface area contributed by atoms with Gasteiger partial charge in [0.05, 0.1) is 24.5 Å². The number of hydrazine groups is 1. The van der Waals surface area contributed by atoms with Crippen LogP contribution in [-0.4, -0.2) is 125 Å². The third-order valence-electron chi connectivity index (χ3n) is 6.78. The van der Waals surface area contributed by atoms with Crippen molar-refractivity contribution < 1.29 is 27.5 Å². The lowest BCUT2D eigenvalue weighted by Crippen LogP contribution is -2.49. The van der Waals surface area contributed by atoms with Gasteiger partial charge in [-0.1, -0.05) is 0 Å². The fourth-order valence-corrected chi connectivity index (χ4v) is 4.41. The van der Waals surface area contributed by atoms with E-state index in [9.17, 15) is 18.4 Å². The van der Waals surface area contributed by atoms with Crippen LogP contribution >= 0.6 is 0 Å². The van der Waals surface area contributed by atoms with Crippen molar-refractivity contribution in [2.45, 2.75) is 19.5 Å². The maximum atomic E-state index is 15.1. The first kappa shape index (κ1) is 29.0. The molecule has 208 valence electrons. The lowest BCUT2D eigenvalue weighted by atomic mass is 10.2. The van der Waals surface area contributed by atoms with Gasteiger partial charge in [-0.15, -0.1) is 0 Å². The molecule has 37 heavy (non-hydrogen) atoms. The minimum absolute atomic E-state index is 0.0169. The first-order valence-electron chi connectivity index (χ1n) is 12.6. The molecule has 0 saturated carbocycles. The molecule has 0 radical (unpaired) electrons. The Labute approximate surface area is 216 Å². The summed E-state index contributed by atoms with van der Waals surface area (Å²) in [6.07, 6.45) is -4.67. The number of hydrogen-bond acceptors (Lipinski definition) is 8. The number of ether oxygens (including phenoxy) is 1. The van der Waals surface area contributed by atoms with E-state index in [0.29, 0.717) is 31.0 Å². The topological polar surface area (TPSA) is 83.6 Å². The summed E-state index contributed by atoms with van der Waals surface area (Å²) in [6.45, 7) is 9.71. The van der Waals surface area contributed by atoms with Crippen LogP contribution in [0.15, 0.2) is 18.2 Å². The number of amides is 2. The predicted octanol–water partition coefficient (Wildman–Crippen LogP) is 1.04. The second kappa shape index (κ2) is 13.8. The fraction of sp³-hybridized carbons (Fsp3) is 0.667. The minimum Gasteiger partial charge on any atom is -0.442 e. The van der Waals surface area contributed by atoms with Crippen molar-refractivity contribution in [3.63, 3.8) is 0 Å². The van der Waals surface area contributed by atoms with E-state index < -0.39 is 30.3 Å². The minimum atomic E-state index is -3.14. The van der Waals surface area contributed by atoms with Gasteiger partial charge in [-0.3, -0.25) is 20.0 Å². The summed E-state index contributed by atoms with van der Waals surface area (Å²) in [7, 11) is 4.02. The number of nitrogens with one attached hydrogen (secondary N) is 2. The number of halogens is 3. The van der Waals surface area contributed by atoms with Crippen LogP contribution in [-0.2, 0) is 9.53 Å². The molecule has 10 nitrogen and oxygen atoms in total. The third kappa shape index (κ3) is 8.19. The van der Waals surface area contributed by atoms with E-state index >= 15 is 4.39 Å². The van der Waals surface area contributed by atoms with Crippen molar-refractivity contribution in [2.75, 3.05) is 95.9 Å². The van der Waals surface area contributed by atoms with Gasteiger partial charge in [-0.2, -0.15) is 8.78 Å². The maximum Gasteiger partial charge on any atom is 0.414 e. The molecule has 1 aromatic carbocycles. The molecule has 0 aromatic heterocycles. The zero-order valence-corrected chi connectivity index (χ0v) is 21.8. The molecule has 0 aliphatic carbocycles. The quantitative estimate of drug-likeness (QED) is 0.367. The predicted molar refractivity (Wildman–Crippen MR) is 135 cm³/mol. The normalized spacial score (nSPS) is 19.1. The number of nitrogens with zero attached hydrogens (tertiary/aromatic N) is 5. The number of carbonyl (C=O) groups is 2. The van der Waals surface area contributed by atoms with E-state index in [4.69, 9.17) is 4.74 Å². The molecule has 1 atom stereocenters. The first-order valence-corrected chi connectivity index (χ1v) is 12.6. The highest BCUT2D eigenvalue weighted by Gasteiger charge is 2.33. The molecule has 3 rings (SSSR count).